The molecule has 3 N–H and O–H groups in total. The van der Waals surface area contributed by atoms with Gasteiger partial charge in [0.1, 0.15) is 0 Å². The number of primary amides is 1. The van der Waals surface area contributed by atoms with E-state index in [-0.39, 0.29) is 35.7 Å². The largest absolute Gasteiger partial charge is 0.375 e. The number of nitrogens with zero attached hydrogens (tertiary/aromatic N) is 2. The van der Waals surface area contributed by atoms with Gasteiger partial charge in [-0.15, -0.1) is 0 Å². The Bertz CT molecular complexity index is 845. The number of piperazine rings is 1. The van der Waals surface area contributed by atoms with Gasteiger partial charge >= 0.3 is 0 Å². The van der Waals surface area contributed by atoms with Crippen LogP contribution in [0.25, 0.3) is 0 Å². The maximum absolute atomic E-state index is 13.1. The molecule has 0 radical (unpaired) electrons. The molecule has 4 rings (SSSR count). The van der Waals surface area contributed by atoms with Gasteiger partial charge < -0.3 is 20.7 Å². The molecule has 34 heavy (non-hydrogen) atoms. The third kappa shape index (κ3) is 6.04. The first-order valence-electron chi connectivity index (χ1n) is 12.9. The summed E-state index contributed by atoms with van der Waals surface area (Å²) >= 11 is 6.16. The molecule has 3 unspecified atom stereocenters. The predicted octanol–water partition coefficient (Wildman–Crippen LogP) is 2.91. The fourth-order valence-electron chi connectivity index (χ4n) is 6.13. The van der Waals surface area contributed by atoms with Crippen molar-refractivity contribution in [1.29, 1.82) is 0 Å². The minimum Gasteiger partial charge on any atom is -0.375 e. The molecule has 2 saturated carbocycles. The van der Waals surface area contributed by atoms with Crippen molar-refractivity contribution in [1.82, 2.24) is 10.2 Å². The van der Waals surface area contributed by atoms with E-state index in [1.165, 1.54) is 0 Å². The van der Waals surface area contributed by atoms with Crippen LogP contribution in [0.2, 0.25) is 5.02 Å². The Morgan fingerprint density at radius 2 is 1.91 bits per heavy atom. The van der Waals surface area contributed by atoms with Crippen LogP contribution >= 0.6 is 11.6 Å². The zero-order valence-electron chi connectivity index (χ0n) is 20.3. The fourth-order valence-corrected chi connectivity index (χ4v) is 6.31. The number of amides is 2. The third-order valence-electron chi connectivity index (χ3n) is 7.91. The number of carbonyl (C=O) groups excluding carboxylic acids is 2. The summed E-state index contributed by atoms with van der Waals surface area (Å²) in [5.74, 6) is -0.342. The number of carbonyl (C=O) groups is 2. The molecule has 188 valence electrons. The molecule has 2 amide bonds. The Labute approximate surface area is 208 Å². The molecule has 1 saturated heterocycles. The Morgan fingerprint density at radius 3 is 2.59 bits per heavy atom. The maximum atomic E-state index is 13.1. The molecule has 8 heteroatoms. The van der Waals surface area contributed by atoms with Gasteiger partial charge in [0.25, 0.3) is 0 Å². The van der Waals surface area contributed by atoms with Crippen LogP contribution in [0.15, 0.2) is 24.3 Å². The number of fused-ring (bicyclic) bond motifs is 2. The van der Waals surface area contributed by atoms with E-state index in [1.807, 2.05) is 18.2 Å². The van der Waals surface area contributed by atoms with Crippen LogP contribution in [-0.4, -0.2) is 68.7 Å². The Morgan fingerprint density at radius 1 is 1.18 bits per heavy atom. The number of ether oxygens (including phenoxy) is 1. The molecule has 0 aromatic heterocycles. The van der Waals surface area contributed by atoms with Crippen LogP contribution < -0.4 is 16.0 Å². The van der Waals surface area contributed by atoms with Crippen molar-refractivity contribution in [2.75, 3.05) is 50.8 Å². The van der Waals surface area contributed by atoms with Gasteiger partial charge in [0.05, 0.1) is 17.9 Å². The molecule has 3 fully saturated rings. The van der Waals surface area contributed by atoms with Crippen LogP contribution in [0.4, 0.5) is 5.69 Å². The summed E-state index contributed by atoms with van der Waals surface area (Å²) in [5.41, 5.74) is 6.83. The lowest BCUT2D eigenvalue weighted by Crippen LogP contribution is -2.51. The second kappa shape index (κ2) is 11.7. The first-order chi connectivity index (χ1) is 16.5. The van der Waals surface area contributed by atoms with E-state index in [1.54, 1.807) is 0 Å². The SMILES string of the molecule is CCCCOC(CNC(=O)C1C(C(N)=O)[C@@H]2CC[C@H]1C2)CN1CCN(c2cccc(Cl)c2)CC1. The minimum absolute atomic E-state index is 0.0223. The molecule has 2 bridgehead atoms. The third-order valence-corrected chi connectivity index (χ3v) is 8.15. The van der Waals surface area contributed by atoms with Gasteiger partial charge in [-0.25, -0.2) is 0 Å². The number of benzene rings is 1. The van der Waals surface area contributed by atoms with E-state index in [9.17, 15) is 9.59 Å². The summed E-state index contributed by atoms with van der Waals surface area (Å²) in [6.07, 6.45) is 5.01. The van der Waals surface area contributed by atoms with E-state index < -0.39 is 0 Å². The van der Waals surface area contributed by atoms with Crippen molar-refractivity contribution in [3.63, 3.8) is 0 Å². The summed E-state index contributed by atoms with van der Waals surface area (Å²) in [7, 11) is 0. The van der Waals surface area contributed by atoms with Crippen molar-refractivity contribution in [3.05, 3.63) is 29.3 Å². The predicted molar refractivity (Wildman–Crippen MR) is 135 cm³/mol. The first-order valence-corrected chi connectivity index (χ1v) is 13.3. The van der Waals surface area contributed by atoms with E-state index in [0.717, 1.165) is 75.5 Å². The van der Waals surface area contributed by atoms with Crippen LogP contribution in [0.5, 0.6) is 0 Å². The van der Waals surface area contributed by atoms with E-state index in [4.69, 9.17) is 22.1 Å². The Hall–Kier alpha value is -1.83. The highest BCUT2D eigenvalue weighted by Gasteiger charge is 2.53. The standard InChI is InChI=1S/C26H39ClN4O3/c1-2-3-13-34-22(16-29-26(33)24-19-8-7-18(14-19)23(24)25(28)32)17-30-9-11-31(12-10-30)21-6-4-5-20(27)15-21/h4-6,15,18-19,22-24H,2-3,7-14,16-17H2,1H3,(H2,28,32)(H,29,33)/t18-,19+,22?,23?,24?/m1/s1. The fraction of sp³-hybridized carbons (Fsp3) is 0.692. The number of hydrogen-bond acceptors (Lipinski definition) is 5. The van der Waals surface area contributed by atoms with Crippen molar-refractivity contribution < 1.29 is 14.3 Å². The number of hydrogen-bond donors (Lipinski definition) is 2. The lowest BCUT2D eigenvalue weighted by molar-refractivity contribution is -0.135. The Kier molecular flexibility index (Phi) is 8.72. The molecule has 1 aliphatic heterocycles. The van der Waals surface area contributed by atoms with Gasteiger partial charge in [-0.1, -0.05) is 31.0 Å². The summed E-state index contributed by atoms with van der Waals surface area (Å²) in [6.45, 7) is 7.82. The zero-order valence-corrected chi connectivity index (χ0v) is 21.0. The maximum Gasteiger partial charge on any atom is 0.224 e. The number of halogens is 1. The van der Waals surface area contributed by atoms with Crippen molar-refractivity contribution in [2.45, 2.75) is 45.1 Å². The Balaban J connectivity index is 1.29. The summed E-state index contributed by atoms with van der Waals surface area (Å²) in [6, 6.07) is 8.00. The highest BCUT2D eigenvalue weighted by Crippen LogP contribution is 2.52. The van der Waals surface area contributed by atoms with Crippen LogP contribution in [-0.2, 0) is 14.3 Å². The highest BCUT2D eigenvalue weighted by atomic mass is 35.5. The normalized spacial score (nSPS) is 27.6. The monoisotopic (exact) mass is 490 g/mol. The number of anilines is 1. The number of rotatable bonds is 11. The van der Waals surface area contributed by atoms with Gasteiger partial charge in [-0.2, -0.15) is 0 Å². The summed E-state index contributed by atoms with van der Waals surface area (Å²) < 4.78 is 6.18. The number of nitrogens with two attached hydrogens (primary N) is 1. The molecular formula is C26H39ClN4O3. The smallest absolute Gasteiger partial charge is 0.224 e. The average Bonchev–Trinajstić information content (AvgIpc) is 3.45. The molecule has 0 spiro atoms. The molecule has 7 nitrogen and oxygen atoms in total. The van der Waals surface area contributed by atoms with Crippen molar-refractivity contribution >= 4 is 29.1 Å². The van der Waals surface area contributed by atoms with Gasteiger partial charge in [-0.3, -0.25) is 14.5 Å². The lowest BCUT2D eigenvalue weighted by Gasteiger charge is -2.37. The van der Waals surface area contributed by atoms with E-state index >= 15 is 0 Å². The molecule has 1 aromatic rings. The van der Waals surface area contributed by atoms with Crippen LogP contribution in [0.3, 0.4) is 0 Å². The quantitative estimate of drug-likeness (QED) is 0.466. The second-order valence-corrected chi connectivity index (χ2v) is 10.6. The van der Waals surface area contributed by atoms with Crippen molar-refractivity contribution in [3.8, 4) is 0 Å². The number of unbranched alkanes of at least 4 members (excludes halogenated alkanes) is 1. The molecular weight excluding hydrogens is 452 g/mol. The lowest BCUT2D eigenvalue weighted by atomic mass is 9.78. The zero-order chi connectivity index (χ0) is 24.1. The average molecular weight is 491 g/mol. The second-order valence-electron chi connectivity index (χ2n) is 10.1. The summed E-state index contributed by atoms with van der Waals surface area (Å²) in [5, 5.41) is 3.89. The van der Waals surface area contributed by atoms with Crippen LogP contribution in [0.1, 0.15) is 39.0 Å². The molecule has 1 heterocycles. The highest BCUT2D eigenvalue weighted by molar-refractivity contribution is 6.30. The minimum atomic E-state index is -0.319. The molecule has 5 atom stereocenters. The molecule has 1 aromatic carbocycles. The van der Waals surface area contributed by atoms with E-state index in [2.05, 4.69) is 28.1 Å². The van der Waals surface area contributed by atoms with Gasteiger partial charge in [0, 0.05) is 56.6 Å². The van der Waals surface area contributed by atoms with Gasteiger partial charge in [0.15, 0.2) is 0 Å². The van der Waals surface area contributed by atoms with Gasteiger partial charge in [0.2, 0.25) is 11.8 Å². The molecule has 3 aliphatic rings. The number of nitrogens with one attached hydrogen (secondary N) is 1. The molecule has 2 aliphatic carbocycles. The topological polar surface area (TPSA) is 87.9 Å². The van der Waals surface area contributed by atoms with E-state index in [0.29, 0.717) is 19.1 Å². The van der Waals surface area contributed by atoms with Gasteiger partial charge in [-0.05, 0) is 55.7 Å². The van der Waals surface area contributed by atoms with Crippen molar-refractivity contribution in [2.24, 2.45) is 29.4 Å². The first kappa shape index (κ1) is 25.3. The summed E-state index contributed by atoms with van der Waals surface area (Å²) in [4.78, 5) is 29.9. The van der Waals surface area contributed by atoms with Crippen LogP contribution in [0, 0.1) is 23.7 Å².